The number of fused-ring (bicyclic) bond motifs is 2. The molecule has 7 heteroatoms. The van der Waals surface area contributed by atoms with Gasteiger partial charge in [-0.2, -0.15) is 0 Å². The second kappa shape index (κ2) is 9.41. The maximum absolute atomic E-state index is 11.1. The first-order chi connectivity index (χ1) is 13.1. The molecule has 0 amide bonds. The Morgan fingerprint density at radius 3 is 2.74 bits per heavy atom. The van der Waals surface area contributed by atoms with Gasteiger partial charge in [-0.3, -0.25) is 5.32 Å². The number of hydrogen-bond acceptors (Lipinski definition) is 5. The van der Waals surface area contributed by atoms with Gasteiger partial charge in [-0.05, 0) is 42.2 Å². The van der Waals surface area contributed by atoms with Gasteiger partial charge in [-0.25, -0.2) is 4.79 Å². The summed E-state index contributed by atoms with van der Waals surface area (Å²) in [6.45, 7) is 2.86. The summed E-state index contributed by atoms with van der Waals surface area (Å²) < 4.78 is 15.6. The molecule has 0 spiro atoms. The van der Waals surface area contributed by atoms with E-state index in [2.05, 4.69) is 22.8 Å². The van der Waals surface area contributed by atoms with E-state index in [1.165, 1.54) is 5.56 Å². The van der Waals surface area contributed by atoms with Gasteiger partial charge in [0.05, 0.1) is 9.47 Å². The lowest BCUT2D eigenvalue weighted by Crippen LogP contribution is -2.28. The van der Waals surface area contributed by atoms with Crippen LogP contribution in [0.15, 0.2) is 42.5 Å². The average Bonchev–Trinajstić information content (AvgIpc) is 2.80. The number of ether oxygens (including phenoxy) is 2. The van der Waals surface area contributed by atoms with Crippen LogP contribution >= 0.6 is 21.1 Å². The van der Waals surface area contributed by atoms with Crippen molar-refractivity contribution in [3.05, 3.63) is 58.6 Å². The third kappa shape index (κ3) is 4.73. The molecule has 0 radical (unpaired) electrons. The third-order valence-corrected chi connectivity index (χ3v) is 5.18. The standard InChI is InChI=1S/C20H23ClNO4P/c1-2-5-14-15-6-3-4-7-18(15)25-19-9-8-13(21)10-16(19)17(14)11-22-12-24-20(23)26-27/h3-4,6-10,14,17,22H,2,5,11-12,27H2,1H3. The van der Waals surface area contributed by atoms with Crippen molar-refractivity contribution in [3.8, 4) is 11.5 Å². The quantitative estimate of drug-likeness (QED) is 0.292. The van der Waals surface area contributed by atoms with Crippen LogP contribution < -0.4 is 10.1 Å². The number of halogens is 1. The van der Waals surface area contributed by atoms with Crippen molar-refractivity contribution in [3.63, 3.8) is 0 Å². The number of benzene rings is 2. The van der Waals surface area contributed by atoms with E-state index in [9.17, 15) is 4.79 Å². The Morgan fingerprint density at radius 2 is 1.96 bits per heavy atom. The lowest BCUT2D eigenvalue weighted by Gasteiger charge is -2.27. The van der Waals surface area contributed by atoms with Crippen molar-refractivity contribution >= 4 is 27.2 Å². The van der Waals surface area contributed by atoms with Crippen LogP contribution in [0.2, 0.25) is 5.02 Å². The number of para-hydroxylation sites is 1. The molecule has 2 aromatic rings. The number of nitrogens with one attached hydrogen (secondary N) is 1. The fourth-order valence-corrected chi connectivity index (χ4v) is 3.86. The highest BCUT2D eigenvalue weighted by molar-refractivity contribution is 7.10. The Kier molecular flexibility index (Phi) is 6.95. The molecule has 3 rings (SSSR count). The highest BCUT2D eigenvalue weighted by atomic mass is 35.5. The fraction of sp³-hybridized carbons (Fsp3) is 0.350. The molecule has 5 nitrogen and oxygen atoms in total. The summed E-state index contributed by atoms with van der Waals surface area (Å²) >= 11 is 6.29. The fourth-order valence-electron chi connectivity index (χ4n) is 3.61. The van der Waals surface area contributed by atoms with E-state index >= 15 is 0 Å². The molecule has 0 aromatic heterocycles. The third-order valence-electron chi connectivity index (χ3n) is 4.75. The van der Waals surface area contributed by atoms with Crippen LogP contribution in [0.4, 0.5) is 4.79 Å². The molecule has 3 unspecified atom stereocenters. The molecule has 144 valence electrons. The van der Waals surface area contributed by atoms with Gasteiger partial charge in [0.2, 0.25) is 0 Å². The molecule has 2 aromatic carbocycles. The van der Waals surface area contributed by atoms with Crippen molar-refractivity contribution in [2.75, 3.05) is 13.3 Å². The first-order valence-electron chi connectivity index (χ1n) is 8.94. The lowest BCUT2D eigenvalue weighted by atomic mass is 9.79. The Hall–Kier alpha value is -1.81. The van der Waals surface area contributed by atoms with E-state index in [-0.39, 0.29) is 18.6 Å². The molecule has 0 bridgehead atoms. The Balaban J connectivity index is 1.93. The van der Waals surface area contributed by atoms with E-state index in [0.717, 1.165) is 29.9 Å². The number of carbonyl (C=O) groups is 1. The monoisotopic (exact) mass is 407 g/mol. The number of carbonyl (C=O) groups excluding carboxylic acids is 1. The Labute approximate surface area is 166 Å². The molecule has 1 aliphatic heterocycles. The van der Waals surface area contributed by atoms with E-state index in [1.807, 2.05) is 45.9 Å². The van der Waals surface area contributed by atoms with E-state index in [0.29, 0.717) is 11.6 Å². The van der Waals surface area contributed by atoms with Gasteiger partial charge >= 0.3 is 6.16 Å². The Bertz CT molecular complexity index is 801. The predicted molar refractivity (Wildman–Crippen MR) is 109 cm³/mol. The molecule has 27 heavy (non-hydrogen) atoms. The second-order valence-electron chi connectivity index (χ2n) is 6.43. The summed E-state index contributed by atoms with van der Waals surface area (Å²) in [6.07, 6.45) is 1.31. The number of hydrogen-bond donors (Lipinski definition) is 1. The summed E-state index contributed by atoms with van der Waals surface area (Å²) in [6, 6.07) is 13.9. The van der Waals surface area contributed by atoms with Crippen LogP contribution in [0.1, 0.15) is 42.7 Å². The minimum atomic E-state index is -0.740. The second-order valence-corrected chi connectivity index (χ2v) is 7.11. The summed E-state index contributed by atoms with van der Waals surface area (Å²) in [5.41, 5.74) is 2.24. The van der Waals surface area contributed by atoms with E-state index in [4.69, 9.17) is 21.1 Å². The van der Waals surface area contributed by atoms with Gasteiger partial charge in [0, 0.05) is 23.0 Å². The van der Waals surface area contributed by atoms with Crippen molar-refractivity contribution in [2.24, 2.45) is 0 Å². The molecular formula is C20H23ClNO4P. The van der Waals surface area contributed by atoms with Gasteiger partial charge in [0.25, 0.3) is 0 Å². The zero-order chi connectivity index (χ0) is 19.2. The van der Waals surface area contributed by atoms with Crippen LogP contribution in [-0.2, 0) is 9.26 Å². The summed E-state index contributed by atoms with van der Waals surface area (Å²) in [7, 11) is 1.87. The summed E-state index contributed by atoms with van der Waals surface area (Å²) in [4.78, 5) is 11.1. The first kappa shape index (κ1) is 19.9. The van der Waals surface area contributed by atoms with E-state index in [1.54, 1.807) is 0 Å². The van der Waals surface area contributed by atoms with Crippen molar-refractivity contribution in [1.29, 1.82) is 0 Å². The van der Waals surface area contributed by atoms with E-state index < -0.39 is 6.16 Å². The molecular weight excluding hydrogens is 385 g/mol. The predicted octanol–water partition coefficient (Wildman–Crippen LogP) is 5.60. The summed E-state index contributed by atoms with van der Waals surface area (Å²) in [5.74, 6) is 2.07. The normalized spacial score (nSPS) is 17.9. The van der Waals surface area contributed by atoms with Crippen molar-refractivity contribution in [2.45, 2.75) is 31.6 Å². The molecule has 1 aliphatic rings. The van der Waals surface area contributed by atoms with Crippen LogP contribution in [0.25, 0.3) is 0 Å². The number of rotatable bonds is 6. The van der Waals surface area contributed by atoms with Crippen LogP contribution in [0, 0.1) is 0 Å². The smallest absolute Gasteiger partial charge is 0.457 e. The highest BCUT2D eigenvalue weighted by Gasteiger charge is 2.32. The molecule has 1 heterocycles. The largest absolute Gasteiger partial charge is 0.511 e. The van der Waals surface area contributed by atoms with Crippen molar-refractivity contribution < 1.29 is 18.8 Å². The highest BCUT2D eigenvalue weighted by Crippen LogP contribution is 2.48. The molecule has 3 atom stereocenters. The zero-order valence-corrected chi connectivity index (χ0v) is 17.0. The van der Waals surface area contributed by atoms with Gasteiger partial charge in [0.1, 0.15) is 18.2 Å². The minimum absolute atomic E-state index is 0.0704. The van der Waals surface area contributed by atoms with Crippen molar-refractivity contribution in [1.82, 2.24) is 5.32 Å². The summed E-state index contributed by atoms with van der Waals surface area (Å²) in [5, 5.41) is 3.87. The topological polar surface area (TPSA) is 56.8 Å². The molecule has 0 fully saturated rings. The molecule has 1 N–H and O–H groups in total. The SMILES string of the molecule is CCCC1c2ccccc2Oc2ccc(Cl)cc2C1CNCOC(=O)OP. The zero-order valence-electron chi connectivity index (χ0n) is 15.1. The molecule has 0 saturated heterocycles. The molecule has 0 aliphatic carbocycles. The maximum Gasteiger partial charge on any atom is 0.511 e. The van der Waals surface area contributed by atoms with Gasteiger partial charge in [-0.15, -0.1) is 0 Å². The van der Waals surface area contributed by atoms with Crippen LogP contribution in [-0.4, -0.2) is 19.4 Å². The Morgan fingerprint density at radius 1 is 1.19 bits per heavy atom. The van der Waals surface area contributed by atoms with Gasteiger partial charge in [-0.1, -0.05) is 43.1 Å². The lowest BCUT2D eigenvalue weighted by molar-refractivity contribution is 0.0971. The van der Waals surface area contributed by atoms with Crippen LogP contribution in [0.3, 0.4) is 0 Å². The van der Waals surface area contributed by atoms with Crippen LogP contribution in [0.5, 0.6) is 11.5 Å². The molecule has 0 saturated carbocycles. The minimum Gasteiger partial charge on any atom is -0.457 e. The maximum atomic E-state index is 11.1. The van der Waals surface area contributed by atoms with Gasteiger partial charge < -0.3 is 14.0 Å². The first-order valence-corrected chi connectivity index (χ1v) is 9.79. The van der Waals surface area contributed by atoms with Gasteiger partial charge in [0.15, 0.2) is 0 Å². The average molecular weight is 408 g/mol.